The Morgan fingerprint density at radius 1 is 0.821 bits per heavy atom. The van der Waals surface area contributed by atoms with Crippen LogP contribution in [0.1, 0.15) is 19.4 Å². The van der Waals surface area contributed by atoms with Gasteiger partial charge in [0.15, 0.2) is 5.82 Å². The molecule has 0 radical (unpaired) electrons. The summed E-state index contributed by atoms with van der Waals surface area (Å²) >= 11 is 1.30. The van der Waals surface area contributed by atoms with Crippen molar-refractivity contribution in [3.05, 3.63) is 106 Å². The molecule has 6 aromatic rings. The second-order valence-electron chi connectivity index (χ2n) is 8.67. The third kappa shape index (κ3) is 4.92. The molecule has 3 heterocycles. The number of ether oxygens (including phenoxy) is 2. The van der Waals surface area contributed by atoms with Crippen LogP contribution in [0, 0.1) is 0 Å². The van der Waals surface area contributed by atoms with Crippen LogP contribution >= 0.6 is 11.3 Å². The molecule has 0 fully saturated rings. The van der Waals surface area contributed by atoms with E-state index in [0.29, 0.717) is 28.5 Å². The van der Waals surface area contributed by atoms with Gasteiger partial charge < -0.3 is 9.47 Å². The highest BCUT2D eigenvalue weighted by Gasteiger charge is 2.15. The van der Waals surface area contributed by atoms with Crippen molar-refractivity contribution in [2.45, 2.75) is 13.8 Å². The first-order chi connectivity index (χ1) is 19.1. The van der Waals surface area contributed by atoms with E-state index in [2.05, 4.69) is 10.1 Å². The Morgan fingerprint density at radius 2 is 1.46 bits per heavy atom. The molecule has 0 bridgehead atoms. The van der Waals surface area contributed by atoms with Crippen molar-refractivity contribution in [1.82, 2.24) is 24.4 Å². The van der Waals surface area contributed by atoms with Crippen molar-refractivity contribution in [3.63, 3.8) is 0 Å². The van der Waals surface area contributed by atoms with Gasteiger partial charge in [0, 0.05) is 22.9 Å². The fraction of sp³-hybridized carbons (Fsp3) is 0.133. The van der Waals surface area contributed by atoms with E-state index >= 15 is 0 Å². The van der Waals surface area contributed by atoms with Gasteiger partial charge in [0.05, 0.1) is 23.4 Å². The van der Waals surface area contributed by atoms with Gasteiger partial charge in [-0.2, -0.15) is 14.6 Å². The minimum Gasteiger partial charge on any atom is -0.494 e. The van der Waals surface area contributed by atoms with Gasteiger partial charge >= 0.3 is 0 Å². The molecule has 0 N–H and O–H groups in total. The van der Waals surface area contributed by atoms with Gasteiger partial charge in [0.25, 0.3) is 5.56 Å². The highest BCUT2D eigenvalue weighted by atomic mass is 32.1. The van der Waals surface area contributed by atoms with Crippen molar-refractivity contribution < 1.29 is 9.47 Å². The summed E-state index contributed by atoms with van der Waals surface area (Å²) in [4.78, 5) is 18.5. The summed E-state index contributed by atoms with van der Waals surface area (Å²) in [5.74, 6) is 2.08. The van der Waals surface area contributed by atoms with Crippen LogP contribution in [0.2, 0.25) is 0 Å². The van der Waals surface area contributed by atoms with E-state index in [1.165, 1.54) is 15.9 Å². The van der Waals surface area contributed by atoms with Crippen LogP contribution in [0.25, 0.3) is 39.4 Å². The summed E-state index contributed by atoms with van der Waals surface area (Å²) in [6.07, 6.45) is 3.79. The first kappa shape index (κ1) is 24.6. The summed E-state index contributed by atoms with van der Waals surface area (Å²) in [6, 6.07) is 25.2. The molecule has 0 aliphatic rings. The monoisotopic (exact) mass is 535 g/mol. The highest BCUT2D eigenvalue weighted by molar-refractivity contribution is 7.15. The minimum absolute atomic E-state index is 0.218. The number of hydrogen-bond acceptors (Lipinski definition) is 7. The Bertz CT molecular complexity index is 1840. The van der Waals surface area contributed by atoms with Crippen LogP contribution in [-0.4, -0.2) is 37.6 Å². The maximum atomic E-state index is 13.3. The number of hydrogen-bond donors (Lipinski definition) is 0. The zero-order valence-electron chi connectivity index (χ0n) is 21.4. The fourth-order valence-electron chi connectivity index (χ4n) is 4.27. The predicted octanol–water partition coefficient (Wildman–Crippen LogP) is 5.02. The molecule has 0 spiro atoms. The zero-order valence-corrected chi connectivity index (χ0v) is 22.3. The maximum Gasteiger partial charge on any atom is 0.291 e. The van der Waals surface area contributed by atoms with Crippen LogP contribution in [0.5, 0.6) is 11.5 Å². The molecule has 3 aromatic heterocycles. The van der Waals surface area contributed by atoms with Crippen LogP contribution in [0.4, 0.5) is 0 Å². The molecule has 0 atom stereocenters. The van der Waals surface area contributed by atoms with Gasteiger partial charge in [0.1, 0.15) is 17.2 Å². The lowest BCUT2D eigenvalue weighted by Crippen LogP contribution is -2.23. The quantitative estimate of drug-likeness (QED) is 0.272. The highest BCUT2D eigenvalue weighted by Crippen LogP contribution is 2.27. The molecule has 0 amide bonds. The average molecular weight is 536 g/mol. The molecule has 0 unspecified atom stereocenters. The van der Waals surface area contributed by atoms with Crippen molar-refractivity contribution in [2.75, 3.05) is 13.2 Å². The number of nitrogens with zero attached hydrogens (tertiary/aromatic N) is 5. The topological polar surface area (TPSA) is 83.5 Å². The molecule has 0 aliphatic heterocycles. The van der Waals surface area contributed by atoms with E-state index in [-0.39, 0.29) is 5.56 Å². The van der Waals surface area contributed by atoms with Crippen LogP contribution in [0.15, 0.2) is 89.9 Å². The molecule has 194 valence electrons. The zero-order chi connectivity index (χ0) is 26.8. The van der Waals surface area contributed by atoms with Gasteiger partial charge in [-0.25, -0.2) is 4.68 Å². The van der Waals surface area contributed by atoms with E-state index in [0.717, 1.165) is 39.6 Å². The van der Waals surface area contributed by atoms with Crippen LogP contribution < -0.4 is 19.6 Å². The lowest BCUT2D eigenvalue weighted by Gasteiger charge is -2.04. The van der Waals surface area contributed by atoms with Crippen molar-refractivity contribution in [1.29, 1.82) is 0 Å². The standard InChI is InChI=1S/C30H25N5O3S/c1-3-37-24-14-10-20(11-15-24)27-22(19-34(32-27)23-8-6-5-7-9-23)18-26-29(36)35-30(39-26)31-28(33-35)21-12-16-25(17-13-21)38-4-2/h5-19H,3-4H2,1-2H3/b26-18-. The van der Waals surface area contributed by atoms with Crippen molar-refractivity contribution in [3.8, 4) is 39.8 Å². The molecule has 9 heteroatoms. The molecule has 6 rings (SSSR count). The second kappa shape index (κ2) is 10.5. The summed E-state index contributed by atoms with van der Waals surface area (Å²) in [6.45, 7) is 5.09. The van der Waals surface area contributed by atoms with Gasteiger partial charge in [-0.3, -0.25) is 4.79 Å². The Kier molecular flexibility index (Phi) is 6.64. The van der Waals surface area contributed by atoms with E-state index in [1.54, 1.807) is 0 Å². The number of aromatic nitrogens is 5. The van der Waals surface area contributed by atoms with E-state index in [4.69, 9.17) is 14.6 Å². The third-order valence-electron chi connectivity index (χ3n) is 6.09. The SMILES string of the molecule is CCOc1ccc(-c2nc3s/c(=C\c4cn(-c5ccccc5)nc4-c4ccc(OCC)cc4)c(=O)n3n2)cc1. The van der Waals surface area contributed by atoms with Gasteiger partial charge in [-0.1, -0.05) is 29.5 Å². The fourth-order valence-corrected chi connectivity index (χ4v) is 5.17. The van der Waals surface area contributed by atoms with Crippen LogP contribution in [-0.2, 0) is 0 Å². The Morgan fingerprint density at radius 3 is 2.08 bits per heavy atom. The normalized spacial score (nSPS) is 11.8. The molecule has 0 saturated carbocycles. The number of para-hydroxylation sites is 1. The minimum atomic E-state index is -0.218. The smallest absolute Gasteiger partial charge is 0.291 e. The number of benzene rings is 3. The molecule has 0 aliphatic carbocycles. The molecule has 39 heavy (non-hydrogen) atoms. The molecular formula is C30H25N5O3S. The van der Waals surface area contributed by atoms with Crippen LogP contribution in [0.3, 0.4) is 0 Å². The summed E-state index contributed by atoms with van der Waals surface area (Å²) in [5.41, 5.74) is 4.02. The first-order valence-electron chi connectivity index (χ1n) is 12.7. The van der Waals surface area contributed by atoms with Gasteiger partial charge in [-0.15, -0.1) is 5.10 Å². The molecule has 3 aromatic carbocycles. The summed E-state index contributed by atoms with van der Waals surface area (Å²) in [5, 5.41) is 9.36. The van der Waals surface area contributed by atoms with Gasteiger partial charge in [-0.05, 0) is 80.6 Å². The Balaban J connectivity index is 1.41. The Hall–Kier alpha value is -4.76. The number of rotatable bonds is 8. The van der Waals surface area contributed by atoms with E-state index in [9.17, 15) is 4.79 Å². The summed E-state index contributed by atoms with van der Waals surface area (Å²) in [7, 11) is 0. The number of fused-ring (bicyclic) bond motifs is 1. The predicted molar refractivity (Wildman–Crippen MR) is 153 cm³/mol. The second-order valence-corrected chi connectivity index (χ2v) is 9.68. The van der Waals surface area contributed by atoms with E-state index in [1.807, 2.05) is 110 Å². The third-order valence-corrected chi connectivity index (χ3v) is 7.05. The maximum absolute atomic E-state index is 13.3. The average Bonchev–Trinajstić information content (AvgIpc) is 3.66. The van der Waals surface area contributed by atoms with Crippen molar-refractivity contribution in [2.24, 2.45) is 0 Å². The first-order valence-corrected chi connectivity index (χ1v) is 13.5. The molecule has 8 nitrogen and oxygen atoms in total. The lowest BCUT2D eigenvalue weighted by atomic mass is 10.1. The molecule has 0 saturated heterocycles. The summed E-state index contributed by atoms with van der Waals surface area (Å²) < 4.78 is 14.8. The Labute approximate surface area is 228 Å². The lowest BCUT2D eigenvalue weighted by molar-refractivity contribution is 0.340. The van der Waals surface area contributed by atoms with E-state index < -0.39 is 0 Å². The number of thiazole rings is 1. The van der Waals surface area contributed by atoms with Crippen molar-refractivity contribution >= 4 is 22.4 Å². The largest absolute Gasteiger partial charge is 0.494 e. The van der Waals surface area contributed by atoms with Gasteiger partial charge in [0.2, 0.25) is 4.96 Å². The molecular weight excluding hydrogens is 510 g/mol.